The third kappa shape index (κ3) is 1.98. The van der Waals surface area contributed by atoms with Crippen molar-refractivity contribution in [3.8, 4) is 0 Å². The molecule has 1 aromatic carbocycles. The Hall–Kier alpha value is -1.02. The van der Waals surface area contributed by atoms with Gasteiger partial charge in [0.15, 0.2) is 0 Å². The smallest absolute Gasteiger partial charge is 0.0314 e. The van der Waals surface area contributed by atoms with Gasteiger partial charge in [-0.25, -0.2) is 0 Å². The minimum absolute atomic E-state index is 0.450. The first kappa shape index (κ1) is 9.07. The molecule has 2 heteroatoms. The van der Waals surface area contributed by atoms with Crippen molar-refractivity contribution >= 4 is 5.69 Å². The van der Waals surface area contributed by atoms with Gasteiger partial charge in [0.25, 0.3) is 0 Å². The molecule has 0 bridgehead atoms. The predicted octanol–water partition coefficient (Wildman–Crippen LogP) is 1.89. The molecular weight excluding hydrogens is 148 g/mol. The zero-order chi connectivity index (χ0) is 9.14. The number of anilines is 1. The summed E-state index contributed by atoms with van der Waals surface area (Å²) >= 11 is 0. The Labute approximate surface area is 74.0 Å². The molecule has 12 heavy (non-hydrogen) atoms. The fraction of sp³-hybridized carbons (Fsp3) is 0.400. The lowest BCUT2D eigenvalue weighted by atomic mass is 10.1. The molecular formula is C10H16N2. The molecule has 1 aromatic rings. The van der Waals surface area contributed by atoms with Crippen molar-refractivity contribution in [1.29, 1.82) is 0 Å². The molecule has 1 unspecified atom stereocenters. The maximum absolute atomic E-state index is 5.59. The van der Waals surface area contributed by atoms with E-state index in [9.17, 15) is 0 Å². The summed E-state index contributed by atoms with van der Waals surface area (Å²) in [5.41, 5.74) is 7.71. The highest BCUT2D eigenvalue weighted by Gasteiger charge is 2.05. The van der Waals surface area contributed by atoms with Gasteiger partial charge in [0.2, 0.25) is 0 Å². The van der Waals surface area contributed by atoms with Crippen LogP contribution in [-0.4, -0.2) is 19.0 Å². The number of rotatable bonds is 2. The molecule has 0 heterocycles. The van der Waals surface area contributed by atoms with Crippen molar-refractivity contribution in [2.45, 2.75) is 13.0 Å². The fourth-order valence-corrected chi connectivity index (χ4v) is 1.07. The monoisotopic (exact) mass is 164 g/mol. The number of nitrogens with two attached hydrogens (primary N) is 1. The average molecular weight is 164 g/mol. The van der Waals surface area contributed by atoms with Gasteiger partial charge in [-0.2, -0.15) is 0 Å². The van der Waals surface area contributed by atoms with Gasteiger partial charge < -0.3 is 10.6 Å². The molecule has 0 spiro atoms. The van der Waals surface area contributed by atoms with Gasteiger partial charge in [0.1, 0.15) is 0 Å². The molecule has 0 saturated carbocycles. The van der Waals surface area contributed by atoms with Gasteiger partial charge in [0, 0.05) is 11.7 Å². The minimum Gasteiger partial charge on any atom is -0.399 e. The third-order valence-electron chi connectivity index (χ3n) is 2.19. The number of benzene rings is 1. The molecule has 1 atom stereocenters. The quantitative estimate of drug-likeness (QED) is 0.676. The zero-order valence-electron chi connectivity index (χ0n) is 7.91. The van der Waals surface area contributed by atoms with Gasteiger partial charge in [-0.1, -0.05) is 12.1 Å². The van der Waals surface area contributed by atoms with Gasteiger partial charge >= 0.3 is 0 Å². The molecule has 2 N–H and O–H groups in total. The molecule has 2 nitrogen and oxygen atoms in total. The van der Waals surface area contributed by atoms with Gasteiger partial charge in [-0.05, 0) is 38.7 Å². The summed E-state index contributed by atoms with van der Waals surface area (Å²) in [7, 11) is 4.14. The highest BCUT2D eigenvalue weighted by Crippen LogP contribution is 2.17. The first-order chi connectivity index (χ1) is 5.61. The number of nitrogens with zero attached hydrogens (tertiary/aromatic N) is 1. The third-order valence-corrected chi connectivity index (χ3v) is 2.19. The first-order valence-electron chi connectivity index (χ1n) is 4.13. The van der Waals surface area contributed by atoms with Crippen LogP contribution in [0.25, 0.3) is 0 Å². The molecule has 0 amide bonds. The normalized spacial score (nSPS) is 13.3. The molecule has 0 fully saturated rings. The summed E-state index contributed by atoms with van der Waals surface area (Å²) in [4.78, 5) is 2.17. The van der Waals surface area contributed by atoms with E-state index in [1.807, 2.05) is 12.1 Å². The van der Waals surface area contributed by atoms with Crippen molar-refractivity contribution in [2.75, 3.05) is 19.8 Å². The topological polar surface area (TPSA) is 29.3 Å². The van der Waals surface area contributed by atoms with E-state index in [-0.39, 0.29) is 0 Å². The Morgan fingerprint density at radius 1 is 1.17 bits per heavy atom. The number of hydrogen-bond acceptors (Lipinski definition) is 2. The van der Waals surface area contributed by atoms with E-state index in [0.717, 1.165) is 5.69 Å². The fourth-order valence-electron chi connectivity index (χ4n) is 1.07. The van der Waals surface area contributed by atoms with Crippen LogP contribution in [0.1, 0.15) is 18.5 Å². The maximum atomic E-state index is 5.59. The summed E-state index contributed by atoms with van der Waals surface area (Å²) in [5.74, 6) is 0. The van der Waals surface area contributed by atoms with Crippen LogP contribution in [0.4, 0.5) is 5.69 Å². The molecule has 0 aliphatic rings. The van der Waals surface area contributed by atoms with Crippen molar-refractivity contribution in [3.05, 3.63) is 29.8 Å². The molecule has 0 radical (unpaired) electrons. The van der Waals surface area contributed by atoms with E-state index in [0.29, 0.717) is 6.04 Å². The lowest BCUT2D eigenvalue weighted by Gasteiger charge is -2.19. The van der Waals surface area contributed by atoms with Crippen LogP contribution in [0.3, 0.4) is 0 Å². The van der Waals surface area contributed by atoms with Crippen molar-refractivity contribution < 1.29 is 0 Å². The summed E-state index contributed by atoms with van der Waals surface area (Å²) in [5, 5.41) is 0. The molecule has 0 aromatic heterocycles. The Bertz CT molecular complexity index is 239. The van der Waals surface area contributed by atoms with Gasteiger partial charge in [-0.15, -0.1) is 0 Å². The predicted molar refractivity (Wildman–Crippen MR) is 53.0 cm³/mol. The Kier molecular flexibility index (Phi) is 2.71. The van der Waals surface area contributed by atoms with E-state index in [4.69, 9.17) is 5.73 Å². The Morgan fingerprint density at radius 2 is 1.67 bits per heavy atom. The van der Waals surface area contributed by atoms with Crippen molar-refractivity contribution in [2.24, 2.45) is 0 Å². The minimum atomic E-state index is 0.450. The van der Waals surface area contributed by atoms with E-state index in [1.165, 1.54) is 5.56 Å². The molecule has 1 rings (SSSR count). The lowest BCUT2D eigenvalue weighted by Crippen LogP contribution is -2.16. The van der Waals surface area contributed by atoms with Crippen LogP contribution in [-0.2, 0) is 0 Å². The van der Waals surface area contributed by atoms with E-state index in [1.54, 1.807) is 0 Å². The van der Waals surface area contributed by atoms with Crippen LogP contribution in [0, 0.1) is 0 Å². The van der Waals surface area contributed by atoms with Crippen molar-refractivity contribution in [3.63, 3.8) is 0 Å². The molecule has 0 aliphatic carbocycles. The number of hydrogen-bond donors (Lipinski definition) is 1. The second-order valence-electron chi connectivity index (χ2n) is 3.31. The van der Waals surface area contributed by atoms with Crippen LogP contribution in [0.2, 0.25) is 0 Å². The maximum Gasteiger partial charge on any atom is 0.0314 e. The van der Waals surface area contributed by atoms with Gasteiger partial charge in [0.05, 0.1) is 0 Å². The van der Waals surface area contributed by atoms with E-state index < -0.39 is 0 Å². The lowest BCUT2D eigenvalue weighted by molar-refractivity contribution is 0.321. The van der Waals surface area contributed by atoms with Gasteiger partial charge in [-0.3, -0.25) is 0 Å². The highest BCUT2D eigenvalue weighted by atomic mass is 15.1. The van der Waals surface area contributed by atoms with E-state index >= 15 is 0 Å². The molecule has 0 saturated heterocycles. The van der Waals surface area contributed by atoms with Crippen LogP contribution < -0.4 is 5.73 Å². The largest absolute Gasteiger partial charge is 0.399 e. The Morgan fingerprint density at radius 3 is 2.08 bits per heavy atom. The second kappa shape index (κ2) is 3.59. The zero-order valence-corrected chi connectivity index (χ0v) is 7.91. The second-order valence-corrected chi connectivity index (χ2v) is 3.31. The first-order valence-corrected chi connectivity index (χ1v) is 4.13. The Balaban J connectivity index is 2.82. The summed E-state index contributed by atoms with van der Waals surface area (Å²) in [6, 6.07) is 8.47. The van der Waals surface area contributed by atoms with Crippen LogP contribution in [0.5, 0.6) is 0 Å². The standard InChI is InChI=1S/C10H16N2/c1-8(12(2)3)9-4-6-10(11)7-5-9/h4-8H,11H2,1-3H3. The molecule has 66 valence electrons. The summed E-state index contributed by atoms with van der Waals surface area (Å²) in [6.45, 7) is 2.17. The van der Waals surface area contributed by atoms with Crippen molar-refractivity contribution in [1.82, 2.24) is 4.90 Å². The van der Waals surface area contributed by atoms with Crippen LogP contribution >= 0.6 is 0 Å². The highest BCUT2D eigenvalue weighted by molar-refractivity contribution is 5.39. The number of nitrogen functional groups attached to an aromatic ring is 1. The SMILES string of the molecule is CC(c1ccc(N)cc1)N(C)C. The average Bonchev–Trinajstić information content (AvgIpc) is 2.04. The summed E-state index contributed by atoms with van der Waals surface area (Å²) in [6.07, 6.45) is 0. The van der Waals surface area contributed by atoms with Crippen LogP contribution in [0.15, 0.2) is 24.3 Å². The summed E-state index contributed by atoms with van der Waals surface area (Å²) < 4.78 is 0. The van der Waals surface area contributed by atoms with E-state index in [2.05, 4.69) is 38.1 Å². The molecule has 0 aliphatic heterocycles.